The third kappa shape index (κ3) is 30.0. The summed E-state index contributed by atoms with van der Waals surface area (Å²) in [5.74, 6) is -15.0. The van der Waals surface area contributed by atoms with Crippen LogP contribution in [-0.2, 0) is 66.9 Å². The number of primary amides is 1. The molecule has 0 fully saturated rings. The third-order valence-electron chi connectivity index (χ3n) is 12.7. The second kappa shape index (κ2) is 40.3. The van der Waals surface area contributed by atoms with E-state index in [0.717, 1.165) is 6.07 Å². The van der Waals surface area contributed by atoms with Gasteiger partial charge in [-0.15, -0.1) is 0 Å². The first kappa shape index (κ1) is 74.9. The molecule has 3 aromatic rings. The summed E-state index contributed by atoms with van der Waals surface area (Å²) in [5, 5.41) is 91.1. The minimum atomic E-state index is -1.55. The Bertz CT molecular complexity index is 3130. The van der Waals surface area contributed by atoms with Gasteiger partial charge in [-0.2, -0.15) is 0 Å². The van der Waals surface area contributed by atoms with E-state index in [9.17, 15) is 98.1 Å². The van der Waals surface area contributed by atoms with Gasteiger partial charge in [0.15, 0.2) is 0 Å². The average molecular weight is 1280 g/mol. The number of nitrogens with one attached hydrogen (secondary N) is 6. The Kier molecular flexibility index (Phi) is 33.2. The maximum atomic E-state index is 14.3. The molecule has 32 nitrogen and oxygen atoms in total. The number of carbonyl (C=O) groups is 13. The molecule has 4 unspecified atom stereocenters. The van der Waals surface area contributed by atoms with E-state index in [0.29, 0.717) is 11.1 Å². The molecule has 16 N–H and O–H groups in total. The summed E-state index contributed by atoms with van der Waals surface area (Å²) in [7, 11) is 0. The van der Waals surface area contributed by atoms with E-state index < -0.39 is 157 Å². The number of phenols is 2. The van der Waals surface area contributed by atoms with Crippen LogP contribution in [0.4, 0.5) is 0 Å². The molecule has 7 amide bonds. The molecule has 0 aliphatic carbocycles. The number of aromatic hydroxyl groups is 2. The number of rotatable bonds is 45. The number of carboxylic acid groups (broad SMARTS) is 6. The first-order valence-electron chi connectivity index (χ1n) is 28.1. The lowest BCUT2D eigenvalue weighted by Crippen LogP contribution is -2.54. The highest BCUT2D eigenvalue weighted by atomic mass is 16.5. The van der Waals surface area contributed by atoms with Crippen molar-refractivity contribution in [2.45, 2.75) is 88.4 Å². The molecule has 494 valence electrons. The van der Waals surface area contributed by atoms with Crippen molar-refractivity contribution in [2.75, 3.05) is 65.9 Å². The first-order valence-corrected chi connectivity index (χ1v) is 28.1. The van der Waals surface area contributed by atoms with Crippen molar-refractivity contribution in [2.24, 2.45) is 5.73 Å². The van der Waals surface area contributed by atoms with Crippen molar-refractivity contribution in [1.29, 1.82) is 0 Å². The summed E-state index contributed by atoms with van der Waals surface area (Å²) >= 11 is 0. The van der Waals surface area contributed by atoms with Gasteiger partial charge in [-0.25, -0.2) is 9.59 Å². The Labute approximate surface area is 519 Å². The zero-order valence-electron chi connectivity index (χ0n) is 49.1. The van der Waals surface area contributed by atoms with E-state index in [2.05, 4.69) is 31.9 Å². The maximum absolute atomic E-state index is 14.3. The second-order valence-electron chi connectivity index (χ2n) is 19.8. The summed E-state index contributed by atoms with van der Waals surface area (Å²) < 4.78 is 21.0. The molecule has 4 atom stereocenters. The lowest BCUT2D eigenvalue weighted by atomic mass is 9.99. The Morgan fingerprint density at radius 1 is 0.418 bits per heavy atom. The fourth-order valence-corrected chi connectivity index (χ4v) is 8.11. The van der Waals surface area contributed by atoms with Crippen molar-refractivity contribution in [3.05, 3.63) is 93.5 Å². The number of ether oxygens (including phenoxy) is 4. The molecule has 0 saturated heterocycles. The second-order valence-corrected chi connectivity index (χ2v) is 19.8. The summed E-state index contributed by atoms with van der Waals surface area (Å²) in [6.07, 6.45) is 2.23. The Morgan fingerprint density at radius 3 is 1.24 bits per heavy atom. The lowest BCUT2D eigenvalue weighted by molar-refractivity contribution is -0.139. The van der Waals surface area contributed by atoms with Gasteiger partial charge in [0, 0.05) is 44.3 Å². The highest BCUT2D eigenvalue weighted by Crippen LogP contribution is 2.24. The van der Waals surface area contributed by atoms with Crippen LogP contribution < -0.4 is 37.6 Å². The van der Waals surface area contributed by atoms with Gasteiger partial charge in [0.25, 0.3) is 5.91 Å². The zero-order chi connectivity index (χ0) is 67.4. The number of aliphatic carboxylic acids is 4. The number of carboxylic acids is 6. The SMILES string of the molecule is NC(=O)COCCOCCNC(=O)C(CCCC(=O)O)NC(=O)C(CCC(=O)O)NC(=O)COCCOCCNC(=O)C(CCC(=O)O)NC(=O)C(CCCC(=O)O)NC(=O)c1cc(/C=C/c2ccc(O)c(C(=O)O)c2)ccc1/C=C/c1ccc(O)c(C(=O)O)c1. The third-order valence-corrected chi connectivity index (χ3v) is 12.7. The fraction of sp³-hybridized carbons (Fsp3) is 0.407. The van der Waals surface area contributed by atoms with Gasteiger partial charge in [0.2, 0.25) is 35.4 Å². The molecule has 32 heteroatoms. The highest BCUT2D eigenvalue weighted by molar-refractivity contribution is 6.02. The van der Waals surface area contributed by atoms with Crippen molar-refractivity contribution >= 4 is 101 Å². The normalized spacial score (nSPS) is 12.4. The monoisotopic (exact) mass is 1280 g/mol. The number of amides is 7. The molecule has 0 aliphatic rings. The average Bonchev–Trinajstić information content (AvgIpc) is 2.15. The molecule has 0 spiro atoms. The van der Waals surface area contributed by atoms with E-state index in [1.165, 1.54) is 66.8 Å². The number of hydrogen-bond donors (Lipinski definition) is 15. The smallest absolute Gasteiger partial charge is 0.339 e. The van der Waals surface area contributed by atoms with Crippen LogP contribution in [0.2, 0.25) is 0 Å². The van der Waals surface area contributed by atoms with Crippen molar-refractivity contribution in [3.8, 4) is 11.5 Å². The molecule has 0 heterocycles. The van der Waals surface area contributed by atoms with Crippen LogP contribution in [0.5, 0.6) is 11.5 Å². The topological polar surface area (TPSA) is 519 Å². The van der Waals surface area contributed by atoms with Crippen molar-refractivity contribution in [3.63, 3.8) is 0 Å². The molecule has 3 rings (SSSR count). The predicted octanol–water partition coefficient (Wildman–Crippen LogP) is 0.411. The quantitative estimate of drug-likeness (QED) is 0.0269. The number of benzene rings is 3. The largest absolute Gasteiger partial charge is 0.507 e. The van der Waals surface area contributed by atoms with Gasteiger partial charge in [-0.3, -0.25) is 52.7 Å². The van der Waals surface area contributed by atoms with Gasteiger partial charge >= 0.3 is 35.8 Å². The molecule has 0 bridgehead atoms. The standard InChI is InChI=1S/C59H73N7O25/c60-47(69)32-90-27-25-88-23-21-61-54(80)41(3-1-5-49(71)72)65-57(83)44(16-20-52(77)78)63-48(70)33-91-28-26-89-24-22-62-55(81)43(15-19-51(75)76)66-56(82)42(4-2-6-50(73)74)64-53(79)38-29-34(7-8-35-11-17-45(67)39(30-35)58(84)85)9-13-37(38)14-10-36-12-18-46(68)40(31-36)59(86)87/h7-14,17-18,29-31,41-44,67-68H,1-6,15-16,19-28,32-33H2,(H2,60,69)(H,61,80)(H,62,81)(H,63,70)(H,64,79)(H,65,83)(H,66,82)(H,71,72)(H,73,74)(H,75,76)(H,77,78)(H,84,85)(H,86,87)/b8-7+,14-10+. The summed E-state index contributed by atoms with van der Waals surface area (Å²) in [4.78, 5) is 161. The van der Waals surface area contributed by atoms with E-state index in [1.807, 2.05) is 0 Å². The van der Waals surface area contributed by atoms with Crippen LogP contribution in [0, 0.1) is 0 Å². The van der Waals surface area contributed by atoms with Gasteiger partial charge in [-0.05, 0) is 91.1 Å². The number of aromatic carboxylic acids is 2. The van der Waals surface area contributed by atoms with Gasteiger partial charge < -0.3 is 97.4 Å². The Morgan fingerprint density at radius 2 is 0.802 bits per heavy atom. The predicted molar refractivity (Wildman–Crippen MR) is 317 cm³/mol. The molecule has 0 saturated carbocycles. The molecule has 3 aromatic carbocycles. The molecule has 91 heavy (non-hydrogen) atoms. The minimum absolute atomic E-state index is 0.0169. The summed E-state index contributed by atoms with van der Waals surface area (Å²) in [6, 6.07) is 6.04. The van der Waals surface area contributed by atoms with E-state index >= 15 is 0 Å². The molecule has 0 aromatic heterocycles. The Balaban J connectivity index is 1.68. The van der Waals surface area contributed by atoms with Crippen molar-refractivity contribution < 1.29 is 122 Å². The number of hydrogen-bond acceptors (Lipinski definition) is 19. The maximum Gasteiger partial charge on any atom is 0.339 e. The van der Waals surface area contributed by atoms with Gasteiger partial charge in [0.05, 0.1) is 39.6 Å². The van der Waals surface area contributed by atoms with Crippen LogP contribution in [-0.4, -0.2) is 208 Å². The molecular weight excluding hydrogens is 1210 g/mol. The fourth-order valence-electron chi connectivity index (χ4n) is 8.11. The van der Waals surface area contributed by atoms with E-state index in [-0.39, 0.29) is 114 Å². The molecule has 0 aliphatic heterocycles. The number of carbonyl (C=O) groups excluding carboxylic acids is 7. The van der Waals surface area contributed by atoms with Crippen molar-refractivity contribution in [1.82, 2.24) is 31.9 Å². The number of nitrogens with two attached hydrogens (primary N) is 1. The zero-order valence-corrected chi connectivity index (χ0v) is 49.1. The van der Waals surface area contributed by atoms with Crippen LogP contribution in [0.3, 0.4) is 0 Å². The molecular formula is C59H73N7O25. The van der Waals surface area contributed by atoms with Gasteiger partial charge in [-0.1, -0.05) is 48.6 Å². The molecule has 0 radical (unpaired) electrons. The summed E-state index contributed by atoms with van der Waals surface area (Å²) in [5.41, 5.74) is 5.24. The first-order chi connectivity index (χ1) is 43.2. The Hall–Kier alpha value is -10.3. The van der Waals surface area contributed by atoms with E-state index in [4.69, 9.17) is 29.8 Å². The van der Waals surface area contributed by atoms with Crippen LogP contribution in [0.25, 0.3) is 24.3 Å². The highest BCUT2D eigenvalue weighted by Gasteiger charge is 2.30. The van der Waals surface area contributed by atoms with E-state index in [1.54, 1.807) is 6.07 Å². The summed E-state index contributed by atoms with van der Waals surface area (Å²) in [6.45, 7) is -1.83. The van der Waals surface area contributed by atoms with Crippen LogP contribution in [0.15, 0.2) is 54.6 Å². The van der Waals surface area contributed by atoms with Crippen LogP contribution in [0.1, 0.15) is 118 Å². The van der Waals surface area contributed by atoms with Crippen LogP contribution >= 0.6 is 0 Å². The lowest BCUT2D eigenvalue weighted by Gasteiger charge is -2.23. The van der Waals surface area contributed by atoms with Gasteiger partial charge in [0.1, 0.15) is 60.0 Å². The minimum Gasteiger partial charge on any atom is -0.507 e.